The average Bonchev–Trinajstić information content (AvgIpc) is 3.23. The fraction of sp³-hybridized carbons (Fsp3) is 0.208. The third-order valence-corrected chi connectivity index (χ3v) is 5.22. The number of H-pyrrole nitrogens is 1. The number of nitrogens with zero attached hydrogens (tertiary/aromatic N) is 2. The normalized spacial score (nSPS) is 14.3. The molecule has 1 saturated heterocycles. The zero-order valence-electron chi connectivity index (χ0n) is 16.2. The number of hydrogen-bond acceptors (Lipinski definition) is 4. The Kier molecular flexibility index (Phi) is 4.88. The minimum Gasteiger partial charge on any atom is -0.489 e. The Hall–Kier alpha value is -3.31. The molecule has 1 aromatic heterocycles. The lowest BCUT2D eigenvalue weighted by molar-refractivity contribution is 0.122. The lowest BCUT2D eigenvalue weighted by Gasteiger charge is -2.28. The van der Waals surface area contributed by atoms with Crippen molar-refractivity contribution in [2.24, 2.45) is 0 Å². The lowest BCUT2D eigenvalue weighted by atomic mass is 10.2. The highest BCUT2D eigenvalue weighted by atomic mass is 16.5. The summed E-state index contributed by atoms with van der Waals surface area (Å²) in [6.45, 7) is 3.99. The van der Waals surface area contributed by atoms with Gasteiger partial charge < -0.3 is 19.4 Å². The molecule has 0 amide bonds. The van der Waals surface area contributed by atoms with E-state index in [2.05, 4.69) is 40.2 Å². The molecule has 0 atom stereocenters. The lowest BCUT2D eigenvalue weighted by Crippen LogP contribution is -2.36. The summed E-state index contributed by atoms with van der Waals surface area (Å²) in [5.41, 5.74) is 5.43. The van der Waals surface area contributed by atoms with E-state index in [1.54, 1.807) is 0 Å². The van der Waals surface area contributed by atoms with Crippen molar-refractivity contribution in [1.29, 1.82) is 0 Å². The van der Waals surface area contributed by atoms with E-state index in [9.17, 15) is 0 Å². The summed E-state index contributed by atoms with van der Waals surface area (Å²) in [4.78, 5) is 10.6. The Morgan fingerprint density at radius 3 is 2.52 bits per heavy atom. The van der Waals surface area contributed by atoms with Crippen molar-refractivity contribution in [3.05, 3.63) is 78.4 Å². The van der Waals surface area contributed by atoms with E-state index in [0.717, 1.165) is 60.0 Å². The first kappa shape index (κ1) is 17.8. The molecular formula is C24H23N3O2. The van der Waals surface area contributed by atoms with Crippen molar-refractivity contribution in [2.75, 3.05) is 31.2 Å². The first-order valence-electron chi connectivity index (χ1n) is 9.95. The van der Waals surface area contributed by atoms with Crippen LogP contribution in [0.1, 0.15) is 5.56 Å². The second kappa shape index (κ2) is 7.97. The van der Waals surface area contributed by atoms with Gasteiger partial charge in [0.05, 0.1) is 24.2 Å². The van der Waals surface area contributed by atoms with Crippen LogP contribution in [0.3, 0.4) is 0 Å². The predicted molar refractivity (Wildman–Crippen MR) is 115 cm³/mol. The van der Waals surface area contributed by atoms with E-state index in [1.807, 2.05) is 42.5 Å². The van der Waals surface area contributed by atoms with E-state index in [4.69, 9.17) is 14.5 Å². The van der Waals surface area contributed by atoms with E-state index in [-0.39, 0.29) is 0 Å². The molecule has 5 heteroatoms. The molecule has 5 rings (SSSR count). The molecule has 3 aromatic carbocycles. The van der Waals surface area contributed by atoms with Crippen molar-refractivity contribution in [1.82, 2.24) is 9.97 Å². The van der Waals surface area contributed by atoms with Crippen molar-refractivity contribution in [3.63, 3.8) is 0 Å². The summed E-state index contributed by atoms with van der Waals surface area (Å²) in [7, 11) is 0. The van der Waals surface area contributed by atoms with Gasteiger partial charge in [0.1, 0.15) is 18.2 Å². The predicted octanol–water partition coefficient (Wildman–Crippen LogP) is 4.65. The summed E-state index contributed by atoms with van der Waals surface area (Å²) in [5.74, 6) is 1.72. The number of morpholine rings is 1. The van der Waals surface area contributed by atoms with Gasteiger partial charge in [-0.2, -0.15) is 0 Å². The highest BCUT2D eigenvalue weighted by Gasteiger charge is 2.13. The zero-order valence-corrected chi connectivity index (χ0v) is 16.2. The first-order chi connectivity index (χ1) is 14.3. The fourth-order valence-corrected chi connectivity index (χ4v) is 3.60. The maximum Gasteiger partial charge on any atom is 0.138 e. The quantitative estimate of drug-likeness (QED) is 0.543. The summed E-state index contributed by atoms with van der Waals surface area (Å²) in [6.07, 6.45) is 0. The van der Waals surface area contributed by atoms with Crippen LogP contribution in [0, 0.1) is 0 Å². The van der Waals surface area contributed by atoms with Crippen molar-refractivity contribution < 1.29 is 9.47 Å². The number of imidazole rings is 1. The average molecular weight is 385 g/mol. The van der Waals surface area contributed by atoms with Crippen LogP contribution in [-0.2, 0) is 11.3 Å². The van der Waals surface area contributed by atoms with Crippen molar-refractivity contribution in [2.45, 2.75) is 6.61 Å². The Labute approximate surface area is 169 Å². The van der Waals surface area contributed by atoms with Gasteiger partial charge in [-0.1, -0.05) is 30.3 Å². The van der Waals surface area contributed by atoms with Gasteiger partial charge in [-0.25, -0.2) is 4.98 Å². The van der Waals surface area contributed by atoms with E-state index < -0.39 is 0 Å². The van der Waals surface area contributed by atoms with Crippen LogP contribution in [0.4, 0.5) is 5.69 Å². The Balaban J connectivity index is 1.32. The van der Waals surface area contributed by atoms with Gasteiger partial charge in [0.25, 0.3) is 0 Å². The molecule has 0 saturated carbocycles. The van der Waals surface area contributed by atoms with Gasteiger partial charge in [0.15, 0.2) is 0 Å². The standard InChI is InChI=1S/C24H23N3O2/c1-2-4-18(5-3-1)17-29-21-9-6-19(7-10-21)24-25-22-11-8-20(16-23(22)26-24)27-12-14-28-15-13-27/h1-11,16H,12-15,17H2,(H,25,26). The highest BCUT2D eigenvalue weighted by Crippen LogP contribution is 2.26. The molecule has 0 unspecified atom stereocenters. The minimum absolute atomic E-state index is 0.565. The van der Waals surface area contributed by atoms with Gasteiger partial charge >= 0.3 is 0 Å². The van der Waals surface area contributed by atoms with Gasteiger partial charge in [-0.05, 0) is 48.0 Å². The molecule has 1 aliphatic rings. The van der Waals surface area contributed by atoms with E-state index in [1.165, 1.54) is 5.69 Å². The number of aromatic nitrogens is 2. The Bertz CT molecular complexity index is 1080. The number of aromatic amines is 1. The third kappa shape index (κ3) is 3.96. The van der Waals surface area contributed by atoms with Gasteiger partial charge in [0, 0.05) is 24.3 Å². The number of rotatable bonds is 5. The second-order valence-corrected chi connectivity index (χ2v) is 7.18. The number of ether oxygens (including phenoxy) is 2. The molecule has 1 aliphatic heterocycles. The smallest absolute Gasteiger partial charge is 0.138 e. The van der Waals surface area contributed by atoms with Crippen LogP contribution in [0.25, 0.3) is 22.4 Å². The maximum absolute atomic E-state index is 5.88. The van der Waals surface area contributed by atoms with Crippen LogP contribution < -0.4 is 9.64 Å². The fourth-order valence-electron chi connectivity index (χ4n) is 3.60. The molecule has 0 spiro atoms. The van der Waals surface area contributed by atoms with E-state index >= 15 is 0 Å². The van der Waals surface area contributed by atoms with Crippen LogP contribution >= 0.6 is 0 Å². The SMILES string of the molecule is c1ccc(COc2ccc(-c3nc4ccc(N5CCOCC5)cc4[nH]3)cc2)cc1. The summed E-state index contributed by atoms with van der Waals surface area (Å²) < 4.78 is 11.3. The van der Waals surface area contributed by atoms with E-state index in [0.29, 0.717) is 6.61 Å². The van der Waals surface area contributed by atoms with Crippen molar-refractivity contribution >= 4 is 16.7 Å². The van der Waals surface area contributed by atoms with Crippen LogP contribution in [0.2, 0.25) is 0 Å². The summed E-state index contributed by atoms with van der Waals surface area (Å²) >= 11 is 0. The molecule has 2 heterocycles. The number of benzene rings is 3. The van der Waals surface area contributed by atoms with Gasteiger partial charge in [-0.3, -0.25) is 0 Å². The van der Waals surface area contributed by atoms with Crippen LogP contribution in [-0.4, -0.2) is 36.3 Å². The monoisotopic (exact) mass is 385 g/mol. The largest absolute Gasteiger partial charge is 0.489 e. The third-order valence-electron chi connectivity index (χ3n) is 5.22. The van der Waals surface area contributed by atoms with Gasteiger partial charge in [0.2, 0.25) is 0 Å². The molecule has 4 aromatic rings. The summed E-state index contributed by atoms with van der Waals surface area (Å²) in [5, 5.41) is 0. The number of hydrogen-bond donors (Lipinski definition) is 1. The highest BCUT2D eigenvalue weighted by molar-refractivity contribution is 5.83. The molecule has 1 fully saturated rings. The molecule has 0 bridgehead atoms. The first-order valence-corrected chi connectivity index (χ1v) is 9.95. The number of fused-ring (bicyclic) bond motifs is 1. The second-order valence-electron chi connectivity index (χ2n) is 7.18. The number of nitrogens with one attached hydrogen (secondary N) is 1. The molecule has 146 valence electrons. The summed E-state index contributed by atoms with van der Waals surface area (Å²) in [6, 6.07) is 24.6. The van der Waals surface area contributed by atoms with Crippen LogP contribution in [0.15, 0.2) is 72.8 Å². The molecule has 0 radical (unpaired) electrons. The number of anilines is 1. The van der Waals surface area contributed by atoms with Gasteiger partial charge in [-0.15, -0.1) is 0 Å². The molecule has 1 N–H and O–H groups in total. The molecular weight excluding hydrogens is 362 g/mol. The maximum atomic E-state index is 5.88. The zero-order chi connectivity index (χ0) is 19.5. The Morgan fingerprint density at radius 2 is 1.72 bits per heavy atom. The van der Waals surface area contributed by atoms with Crippen molar-refractivity contribution in [3.8, 4) is 17.1 Å². The van der Waals surface area contributed by atoms with Crippen LogP contribution in [0.5, 0.6) is 5.75 Å². The molecule has 0 aliphatic carbocycles. The minimum atomic E-state index is 0.565. The Morgan fingerprint density at radius 1 is 0.931 bits per heavy atom. The molecule has 5 nitrogen and oxygen atoms in total. The topological polar surface area (TPSA) is 50.4 Å². The molecule has 29 heavy (non-hydrogen) atoms.